The fourth-order valence-corrected chi connectivity index (χ4v) is 3.25. The number of carbonyl (C=O) groups is 1. The highest BCUT2D eigenvalue weighted by molar-refractivity contribution is 7.94. The van der Waals surface area contributed by atoms with Gasteiger partial charge in [-0.15, -0.1) is 0 Å². The molecule has 1 aliphatic rings. The molecule has 0 atom stereocenters. The number of rotatable bonds is 2. The Hall–Kier alpha value is -2.40. The third-order valence-electron chi connectivity index (χ3n) is 3.04. The van der Waals surface area contributed by atoms with Gasteiger partial charge >= 0.3 is 0 Å². The number of benzene rings is 2. The SMILES string of the molecule is O=C(Nc1ccc2c(c1)S(=O)(=O)C=C2)c1ccccc1. The van der Waals surface area contributed by atoms with Gasteiger partial charge in [-0.05, 0) is 35.9 Å². The molecule has 2 aromatic rings. The monoisotopic (exact) mass is 285 g/mol. The summed E-state index contributed by atoms with van der Waals surface area (Å²) >= 11 is 0. The lowest BCUT2D eigenvalue weighted by atomic mass is 10.2. The van der Waals surface area contributed by atoms with E-state index in [1.807, 2.05) is 6.07 Å². The van der Waals surface area contributed by atoms with E-state index in [1.165, 1.54) is 11.5 Å². The van der Waals surface area contributed by atoms with Crippen molar-refractivity contribution >= 4 is 27.5 Å². The first-order valence-electron chi connectivity index (χ1n) is 6.00. The molecule has 0 saturated heterocycles. The van der Waals surface area contributed by atoms with Crippen molar-refractivity contribution in [1.82, 2.24) is 0 Å². The quantitative estimate of drug-likeness (QED) is 0.922. The fraction of sp³-hybridized carbons (Fsp3) is 0. The molecule has 0 aliphatic carbocycles. The van der Waals surface area contributed by atoms with E-state index >= 15 is 0 Å². The molecule has 1 amide bonds. The smallest absolute Gasteiger partial charge is 0.255 e. The van der Waals surface area contributed by atoms with Crippen molar-refractivity contribution in [2.45, 2.75) is 4.90 Å². The Bertz CT molecular complexity index is 808. The van der Waals surface area contributed by atoms with Gasteiger partial charge in [0.2, 0.25) is 9.84 Å². The van der Waals surface area contributed by atoms with E-state index < -0.39 is 9.84 Å². The van der Waals surface area contributed by atoms with E-state index in [4.69, 9.17) is 0 Å². The minimum Gasteiger partial charge on any atom is -0.322 e. The Morgan fingerprint density at radius 2 is 1.75 bits per heavy atom. The van der Waals surface area contributed by atoms with Crippen molar-refractivity contribution in [2.75, 3.05) is 5.32 Å². The molecule has 1 heterocycles. The molecule has 0 radical (unpaired) electrons. The van der Waals surface area contributed by atoms with Gasteiger partial charge in [-0.1, -0.05) is 24.3 Å². The lowest BCUT2D eigenvalue weighted by molar-refractivity contribution is 0.102. The van der Waals surface area contributed by atoms with Crippen molar-refractivity contribution in [3.8, 4) is 0 Å². The third kappa shape index (κ3) is 2.23. The zero-order valence-corrected chi connectivity index (χ0v) is 11.2. The van der Waals surface area contributed by atoms with Crippen LogP contribution in [0.3, 0.4) is 0 Å². The van der Waals surface area contributed by atoms with Crippen LogP contribution >= 0.6 is 0 Å². The predicted octanol–water partition coefficient (Wildman–Crippen LogP) is 2.70. The number of carbonyl (C=O) groups excluding carboxylic acids is 1. The summed E-state index contributed by atoms with van der Waals surface area (Å²) in [6, 6.07) is 13.6. The molecule has 1 aliphatic heterocycles. The van der Waals surface area contributed by atoms with Gasteiger partial charge in [0.1, 0.15) is 0 Å². The van der Waals surface area contributed by atoms with Crippen LogP contribution in [0.25, 0.3) is 6.08 Å². The van der Waals surface area contributed by atoms with Crippen LogP contribution in [0.1, 0.15) is 15.9 Å². The summed E-state index contributed by atoms with van der Waals surface area (Å²) in [4.78, 5) is 12.2. The lowest BCUT2D eigenvalue weighted by Crippen LogP contribution is -2.12. The van der Waals surface area contributed by atoms with Crippen LogP contribution in [-0.4, -0.2) is 14.3 Å². The van der Waals surface area contributed by atoms with Crippen LogP contribution in [-0.2, 0) is 9.84 Å². The first-order valence-corrected chi connectivity index (χ1v) is 7.54. The normalized spacial score (nSPS) is 14.8. The van der Waals surface area contributed by atoms with Crippen molar-refractivity contribution in [2.24, 2.45) is 0 Å². The summed E-state index contributed by atoms with van der Waals surface area (Å²) in [5, 5.41) is 3.86. The average Bonchev–Trinajstić information content (AvgIpc) is 2.75. The van der Waals surface area contributed by atoms with Crippen LogP contribution < -0.4 is 5.32 Å². The van der Waals surface area contributed by atoms with E-state index in [9.17, 15) is 13.2 Å². The molecule has 4 nitrogen and oxygen atoms in total. The van der Waals surface area contributed by atoms with Crippen LogP contribution in [0.5, 0.6) is 0 Å². The molecule has 0 aromatic heterocycles. The maximum Gasteiger partial charge on any atom is 0.255 e. The number of nitrogens with one attached hydrogen (secondary N) is 1. The molecule has 3 rings (SSSR count). The lowest BCUT2D eigenvalue weighted by Gasteiger charge is -2.07. The van der Waals surface area contributed by atoms with Gasteiger partial charge in [-0.25, -0.2) is 8.42 Å². The summed E-state index contributed by atoms with van der Waals surface area (Å²) in [5.74, 6) is -0.270. The maximum atomic E-state index is 12.0. The Morgan fingerprint density at radius 1 is 1.00 bits per heavy atom. The zero-order valence-electron chi connectivity index (χ0n) is 10.4. The summed E-state index contributed by atoms with van der Waals surface area (Å²) in [6.07, 6.45) is 1.55. The second kappa shape index (κ2) is 4.61. The van der Waals surface area contributed by atoms with Gasteiger partial charge in [-0.2, -0.15) is 0 Å². The van der Waals surface area contributed by atoms with Gasteiger partial charge in [-0.3, -0.25) is 4.79 Å². The number of sulfone groups is 1. The van der Waals surface area contributed by atoms with Gasteiger partial charge in [0.05, 0.1) is 4.90 Å². The fourth-order valence-electron chi connectivity index (χ4n) is 2.03. The Morgan fingerprint density at radius 3 is 2.50 bits per heavy atom. The molecule has 100 valence electrons. The Balaban J connectivity index is 1.89. The highest BCUT2D eigenvalue weighted by Crippen LogP contribution is 2.29. The summed E-state index contributed by atoms with van der Waals surface area (Å²) < 4.78 is 23.5. The van der Waals surface area contributed by atoms with Crippen molar-refractivity contribution in [1.29, 1.82) is 0 Å². The number of fused-ring (bicyclic) bond motifs is 1. The predicted molar refractivity (Wildman–Crippen MR) is 77.1 cm³/mol. The third-order valence-corrected chi connectivity index (χ3v) is 4.50. The molecular formula is C15H11NO3S. The van der Waals surface area contributed by atoms with Crippen LogP contribution in [0.4, 0.5) is 5.69 Å². The molecule has 1 N–H and O–H groups in total. The van der Waals surface area contributed by atoms with Gasteiger partial charge in [0.15, 0.2) is 0 Å². The first-order chi connectivity index (χ1) is 9.56. The summed E-state index contributed by atoms with van der Waals surface area (Å²) in [7, 11) is -3.36. The minimum atomic E-state index is -3.36. The molecule has 0 unspecified atom stereocenters. The minimum absolute atomic E-state index is 0.225. The summed E-state index contributed by atoms with van der Waals surface area (Å²) in [5.41, 5.74) is 1.63. The standard InChI is InChI=1S/C15H11NO3S/c17-15(12-4-2-1-3-5-12)16-13-7-6-11-8-9-20(18,19)14(11)10-13/h1-10H,(H,16,17). The topological polar surface area (TPSA) is 63.2 Å². The highest BCUT2D eigenvalue weighted by atomic mass is 32.2. The molecule has 0 saturated carbocycles. The Labute approximate surface area is 116 Å². The number of hydrogen-bond acceptors (Lipinski definition) is 3. The van der Waals surface area contributed by atoms with Gasteiger partial charge in [0, 0.05) is 16.7 Å². The number of amides is 1. The molecular weight excluding hydrogens is 274 g/mol. The number of anilines is 1. The molecule has 2 aromatic carbocycles. The van der Waals surface area contributed by atoms with Crippen molar-refractivity contribution in [3.05, 3.63) is 65.1 Å². The number of hydrogen-bond donors (Lipinski definition) is 1. The molecule has 0 bridgehead atoms. The maximum absolute atomic E-state index is 12.0. The second-order valence-corrected chi connectivity index (χ2v) is 6.22. The average molecular weight is 285 g/mol. The van der Waals surface area contributed by atoms with Crippen LogP contribution in [0, 0.1) is 0 Å². The van der Waals surface area contributed by atoms with Gasteiger partial charge < -0.3 is 5.32 Å². The van der Waals surface area contributed by atoms with Crippen LogP contribution in [0.2, 0.25) is 0 Å². The molecule has 5 heteroatoms. The highest BCUT2D eigenvalue weighted by Gasteiger charge is 2.21. The molecule has 0 fully saturated rings. The van der Waals surface area contributed by atoms with E-state index in [0.29, 0.717) is 16.8 Å². The molecule has 20 heavy (non-hydrogen) atoms. The van der Waals surface area contributed by atoms with Gasteiger partial charge in [0.25, 0.3) is 5.91 Å². The molecule has 0 spiro atoms. The van der Waals surface area contributed by atoms with E-state index in [1.54, 1.807) is 42.5 Å². The largest absolute Gasteiger partial charge is 0.322 e. The van der Waals surface area contributed by atoms with E-state index in [-0.39, 0.29) is 10.8 Å². The van der Waals surface area contributed by atoms with E-state index in [2.05, 4.69) is 5.32 Å². The summed E-state index contributed by atoms with van der Waals surface area (Å²) in [6.45, 7) is 0. The Kier molecular flexibility index (Phi) is 2.91. The van der Waals surface area contributed by atoms with Crippen molar-refractivity contribution < 1.29 is 13.2 Å². The van der Waals surface area contributed by atoms with E-state index in [0.717, 1.165) is 0 Å². The van der Waals surface area contributed by atoms with Crippen molar-refractivity contribution in [3.63, 3.8) is 0 Å². The second-order valence-electron chi connectivity index (χ2n) is 4.42. The van der Waals surface area contributed by atoms with Crippen LogP contribution in [0.15, 0.2) is 58.8 Å². The zero-order chi connectivity index (χ0) is 14.2. The first kappa shape index (κ1) is 12.6.